The van der Waals surface area contributed by atoms with Gasteiger partial charge in [-0.3, -0.25) is 6.08 Å². The van der Waals surface area contributed by atoms with Crippen LogP contribution in [0.25, 0.3) is 11.1 Å². The summed E-state index contributed by atoms with van der Waals surface area (Å²) in [4.78, 5) is 0. The first kappa shape index (κ1) is 28.8. The summed E-state index contributed by atoms with van der Waals surface area (Å²) in [6.07, 6.45) is 17.8. The summed E-state index contributed by atoms with van der Waals surface area (Å²) >= 11 is 1.30. The molecule has 2 aromatic carbocycles. The number of rotatable bonds is 2. The molecule has 4 saturated carbocycles. The molecule has 8 rings (SSSR count). The zero-order chi connectivity index (χ0) is 23.0. The molecular formula is C32H36Cl2Zr-2. The van der Waals surface area contributed by atoms with Gasteiger partial charge in [-0.15, -0.1) is 5.56 Å². The fourth-order valence-electron chi connectivity index (χ4n) is 8.00. The second kappa shape index (κ2) is 12.2. The van der Waals surface area contributed by atoms with Crippen molar-refractivity contribution in [2.45, 2.75) is 65.2 Å². The van der Waals surface area contributed by atoms with Crippen LogP contribution in [0.15, 0.2) is 59.7 Å². The molecule has 4 fully saturated rings. The minimum absolute atomic E-state index is 0. The van der Waals surface area contributed by atoms with Crippen LogP contribution in [-0.2, 0) is 30.7 Å². The zero-order valence-electron chi connectivity index (χ0n) is 21.0. The number of halogens is 2. The van der Waals surface area contributed by atoms with Crippen LogP contribution in [0.5, 0.6) is 0 Å². The SMILES string of the molecule is CC1=[C-]C(C)C=C1CC12CC3CC(CC(C3)C1)C2.[CH2]=[Zr+2].[Cl-].[Cl-].[c-]1cccc2c1Cc1ccccc1-2. The van der Waals surface area contributed by atoms with Crippen molar-refractivity contribution < 1.29 is 49.0 Å². The molecule has 0 amide bonds. The predicted molar refractivity (Wildman–Crippen MR) is 136 cm³/mol. The van der Waals surface area contributed by atoms with E-state index in [0.29, 0.717) is 11.3 Å². The second-order valence-electron chi connectivity index (χ2n) is 11.2. The number of hydrogen-bond donors (Lipinski definition) is 0. The Bertz CT molecular complexity index is 1000. The predicted octanol–water partition coefficient (Wildman–Crippen LogP) is 1.95. The van der Waals surface area contributed by atoms with Crippen molar-refractivity contribution in [2.24, 2.45) is 29.1 Å². The Morgan fingerprint density at radius 2 is 1.51 bits per heavy atom. The molecular weight excluding hydrogens is 546 g/mol. The largest absolute Gasteiger partial charge is 1.00 e. The average Bonchev–Trinajstić information content (AvgIpc) is 3.33. The third kappa shape index (κ3) is 6.05. The zero-order valence-corrected chi connectivity index (χ0v) is 25.0. The summed E-state index contributed by atoms with van der Waals surface area (Å²) in [5.74, 6) is 3.82. The maximum absolute atomic E-state index is 3.57. The van der Waals surface area contributed by atoms with Crippen LogP contribution >= 0.6 is 0 Å². The van der Waals surface area contributed by atoms with Crippen molar-refractivity contribution in [1.29, 1.82) is 0 Å². The first-order valence-electron chi connectivity index (χ1n) is 12.8. The van der Waals surface area contributed by atoms with Gasteiger partial charge < -0.3 is 24.8 Å². The average molecular weight is 583 g/mol. The van der Waals surface area contributed by atoms with E-state index in [2.05, 4.69) is 72.7 Å². The molecule has 2 aromatic rings. The summed E-state index contributed by atoms with van der Waals surface area (Å²) in [7, 11) is 0. The van der Waals surface area contributed by atoms with Gasteiger partial charge in [0.25, 0.3) is 0 Å². The second-order valence-corrected chi connectivity index (χ2v) is 11.2. The Kier molecular flexibility index (Phi) is 10.0. The van der Waals surface area contributed by atoms with E-state index in [1.807, 2.05) is 6.07 Å². The normalized spacial score (nSPS) is 30.2. The van der Waals surface area contributed by atoms with Crippen LogP contribution in [0.2, 0.25) is 0 Å². The van der Waals surface area contributed by atoms with Crippen molar-refractivity contribution in [2.75, 3.05) is 0 Å². The summed E-state index contributed by atoms with van der Waals surface area (Å²) in [6.45, 7) is 4.55. The van der Waals surface area contributed by atoms with E-state index in [9.17, 15) is 0 Å². The fraction of sp³-hybridized carbons (Fsp3) is 0.469. The number of benzene rings is 2. The number of hydrogen-bond acceptors (Lipinski definition) is 0. The van der Waals surface area contributed by atoms with Crippen molar-refractivity contribution in [3.63, 3.8) is 0 Å². The summed E-state index contributed by atoms with van der Waals surface area (Å²) < 4.78 is 3.34. The summed E-state index contributed by atoms with van der Waals surface area (Å²) in [5.41, 5.74) is 9.31. The van der Waals surface area contributed by atoms with E-state index in [0.717, 1.165) is 24.2 Å². The van der Waals surface area contributed by atoms with Gasteiger partial charge in [0, 0.05) is 0 Å². The Morgan fingerprint density at radius 3 is 2.11 bits per heavy atom. The van der Waals surface area contributed by atoms with Gasteiger partial charge in [0.2, 0.25) is 0 Å². The number of fused-ring (bicyclic) bond motifs is 3. The van der Waals surface area contributed by atoms with Gasteiger partial charge in [-0.05, 0) is 68.1 Å². The quantitative estimate of drug-likeness (QED) is 0.406. The van der Waals surface area contributed by atoms with Gasteiger partial charge in [-0.25, -0.2) is 5.57 Å². The molecule has 0 N–H and O–H groups in total. The standard InChI is InChI=1S/C18H25.C13H9.CH2.2ClH.Zr/c1-12-3-13(2)17(4-12)11-18-8-14-5-15(9-18)7-16(6-14)10-18;1-3-7-12-10(5-1)9-11-6-2-4-8-13(11)12;;;;/h4,12,14-16H,5-11H2,1-2H3;1-5,7-8H,9H2;1H2;2*1H;/q2*-1;;;;+2/p-2. The molecule has 3 heteroatoms. The minimum atomic E-state index is 0. The fourth-order valence-corrected chi connectivity index (χ4v) is 8.00. The minimum Gasteiger partial charge on any atom is -1.00 e. The first-order chi connectivity index (χ1) is 16.1. The molecule has 1 atom stereocenters. The first-order valence-corrected chi connectivity index (χ1v) is 14.6. The van der Waals surface area contributed by atoms with Crippen molar-refractivity contribution >= 4 is 4.21 Å². The van der Waals surface area contributed by atoms with Crippen LogP contribution in [0, 0.1) is 41.2 Å². The van der Waals surface area contributed by atoms with E-state index >= 15 is 0 Å². The van der Waals surface area contributed by atoms with Crippen LogP contribution in [0.3, 0.4) is 0 Å². The van der Waals surface area contributed by atoms with Crippen LogP contribution in [0.1, 0.15) is 69.9 Å². The Labute approximate surface area is 240 Å². The van der Waals surface area contributed by atoms with Crippen LogP contribution < -0.4 is 24.8 Å². The van der Waals surface area contributed by atoms with Gasteiger partial charge in [-0.2, -0.15) is 41.5 Å². The molecule has 0 saturated heterocycles. The number of allylic oxidation sites excluding steroid dienone is 4. The van der Waals surface area contributed by atoms with Crippen LogP contribution in [0.4, 0.5) is 0 Å². The molecule has 0 radical (unpaired) electrons. The van der Waals surface area contributed by atoms with Gasteiger partial charge in [0.05, 0.1) is 0 Å². The Morgan fingerprint density at radius 1 is 0.914 bits per heavy atom. The van der Waals surface area contributed by atoms with Gasteiger partial charge in [0.1, 0.15) is 0 Å². The molecule has 4 bridgehead atoms. The Balaban J connectivity index is 0.000000180. The van der Waals surface area contributed by atoms with Crippen molar-refractivity contribution in [3.05, 3.63) is 83.0 Å². The molecule has 184 valence electrons. The third-order valence-electron chi connectivity index (χ3n) is 8.72. The maximum atomic E-state index is 3.57. The topological polar surface area (TPSA) is 0 Å². The van der Waals surface area contributed by atoms with Crippen LogP contribution in [-0.4, -0.2) is 4.21 Å². The van der Waals surface area contributed by atoms with E-state index < -0.39 is 0 Å². The smallest absolute Gasteiger partial charge is 0.0253 e. The molecule has 6 aliphatic rings. The summed E-state index contributed by atoms with van der Waals surface area (Å²) in [5, 5.41) is 0. The molecule has 0 heterocycles. The van der Waals surface area contributed by atoms with E-state index in [1.54, 1.807) is 44.1 Å². The molecule has 1 unspecified atom stereocenters. The Hall–Kier alpha value is -0.747. The monoisotopic (exact) mass is 580 g/mol. The molecule has 35 heavy (non-hydrogen) atoms. The molecule has 6 aliphatic carbocycles. The van der Waals surface area contributed by atoms with E-state index in [1.165, 1.54) is 58.5 Å². The van der Waals surface area contributed by atoms with Gasteiger partial charge in [-0.1, -0.05) is 61.6 Å². The van der Waals surface area contributed by atoms with Gasteiger partial charge >= 0.3 is 28.4 Å². The molecule has 0 spiro atoms. The van der Waals surface area contributed by atoms with Gasteiger partial charge in [0.15, 0.2) is 0 Å². The van der Waals surface area contributed by atoms with E-state index in [-0.39, 0.29) is 24.8 Å². The molecule has 0 nitrogen and oxygen atoms in total. The maximum Gasteiger partial charge on any atom is -0.0253 e. The third-order valence-corrected chi connectivity index (χ3v) is 8.72. The summed E-state index contributed by atoms with van der Waals surface area (Å²) in [6, 6.07) is 18.1. The van der Waals surface area contributed by atoms with Crippen molar-refractivity contribution in [1.82, 2.24) is 0 Å². The van der Waals surface area contributed by atoms with E-state index in [4.69, 9.17) is 0 Å². The molecule has 0 aromatic heterocycles. The molecule has 0 aliphatic heterocycles. The van der Waals surface area contributed by atoms with Crippen molar-refractivity contribution in [3.8, 4) is 11.1 Å².